The van der Waals surface area contributed by atoms with Gasteiger partial charge in [0.2, 0.25) is 17.7 Å². The molecule has 0 radical (unpaired) electrons. The van der Waals surface area contributed by atoms with Gasteiger partial charge in [0, 0.05) is 19.5 Å². The van der Waals surface area contributed by atoms with Crippen molar-refractivity contribution in [2.24, 2.45) is 11.8 Å². The Kier molecular flexibility index (Phi) is 4.82. The monoisotopic (exact) mass is 402 g/mol. The lowest BCUT2D eigenvalue weighted by Crippen LogP contribution is -2.62. The van der Waals surface area contributed by atoms with Crippen molar-refractivity contribution in [2.45, 2.75) is 30.2 Å². The summed E-state index contributed by atoms with van der Waals surface area (Å²) < 4.78 is 24.6. The second-order valence-electron chi connectivity index (χ2n) is 7.54. The number of fused-ring (bicyclic) bond motifs is 1. The highest BCUT2D eigenvalue weighted by Crippen LogP contribution is 2.37. The first-order chi connectivity index (χ1) is 13.4. The highest BCUT2D eigenvalue weighted by molar-refractivity contribution is 7.91. The van der Waals surface area contributed by atoms with Crippen LogP contribution in [-0.4, -0.2) is 60.8 Å². The molecule has 148 valence electrons. The number of carbonyl (C=O) groups excluding carboxylic acids is 3. The quantitative estimate of drug-likeness (QED) is 0.542. The maximum absolute atomic E-state index is 12.6. The molecule has 28 heavy (non-hydrogen) atoms. The smallest absolute Gasteiger partial charge is 0.233 e. The van der Waals surface area contributed by atoms with Crippen LogP contribution in [0, 0.1) is 11.8 Å². The number of allylic oxidation sites excluding steroid dienone is 2. The van der Waals surface area contributed by atoms with Gasteiger partial charge in [-0.2, -0.15) is 0 Å². The number of benzene rings is 1. The fourth-order valence-electron chi connectivity index (χ4n) is 4.13. The van der Waals surface area contributed by atoms with Crippen molar-refractivity contribution in [3.63, 3.8) is 0 Å². The molecule has 8 heteroatoms. The Bertz CT molecular complexity index is 909. The fourth-order valence-corrected chi connectivity index (χ4v) is 5.38. The van der Waals surface area contributed by atoms with E-state index in [1.807, 2.05) is 12.2 Å². The maximum atomic E-state index is 12.6. The molecule has 0 spiro atoms. The van der Waals surface area contributed by atoms with Gasteiger partial charge in [0.15, 0.2) is 9.84 Å². The van der Waals surface area contributed by atoms with E-state index in [4.69, 9.17) is 0 Å². The number of nitrogens with zero attached hydrogens (tertiary/aromatic N) is 2. The normalized spacial score (nSPS) is 25.0. The SMILES string of the molecule is O=C(CCS(=O)(=O)c1ccccc1)N1CC(N2C(=O)C3CC=CCC3C2=O)C1. The summed E-state index contributed by atoms with van der Waals surface area (Å²) in [4.78, 5) is 40.5. The van der Waals surface area contributed by atoms with Crippen LogP contribution in [0.15, 0.2) is 47.4 Å². The number of sulfone groups is 1. The third-order valence-corrected chi connectivity index (χ3v) is 7.54. The van der Waals surface area contributed by atoms with Crippen LogP contribution < -0.4 is 0 Å². The van der Waals surface area contributed by atoms with Crippen molar-refractivity contribution in [3.8, 4) is 0 Å². The summed E-state index contributed by atoms with van der Waals surface area (Å²) in [5, 5.41) is 0. The lowest BCUT2D eigenvalue weighted by Gasteiger charge is -2.43. The molecule has 2 atom stereocenters. The number of likely N-dealkylation sites (tertiary alicyclic amines) is 2. The Balaban J connectivity index is 1.31. The molecule has 2 heterocycles. The zero-order valence-corrected chi connectivity index (χ0v) is 16.2. The zero-order valence-electron chi connectivity index (χ0n) is 15.4. The second kappa shape index (κ2) is 7.16. The Morgan fingerprint density at radius 3 is 2.11 bits per heavy atom. The minimum Gasteiger partial charge on any atom is -0.338 e. The van der Waals surface area contributed by atoms with Crippen molar-refractivity contribution < 1.29 is 22.8 Å². The van der Waals surface area contributed by atoms with E-state index in [1.54, 1.807) is 18.2 Å². The molecule has 1 aromatic rings. The molecule has 2 aliphatic heterocycles. The standard InChI is InChI=1S/C20H22N2O5S/c23-18(10-11-28(26,27)15-6-2-1-3-7-15)21-12-14(13-21)22-19(24)16-8-4-5-9-17(16)20(22)25/h1-7,14,16-17H,8-13H2. The first-order valence-electron chi connectivity index (χ1n) is 9.46. The Labute approximate surface area is 163 Å². The molecule has 0 saturated carbocycles. The van der Waals surface area contributed by atoms with Gasteiger partial charge in [0.05, 0.1) is 28.5 Å². The molecular formula is C20H22N2O5S. The summed E-state index contributed by atoms with van der Waals surface area (Å²) >= 11 is 0. The molecule has 0 aromatic heterocycles. The van der Waals surface area contributed by atoms with Gasteiger partial charge in [-0.25, -0.2) is 8.42 Å². The molecule has 3 amide bonds. The molecule has 2 saturated heterocycles. The van der Waals surface area contributed by atoms with Crippen molar-refractivity contribution in [3.05, 3.63) is 42.5 Å². The summed E-state index contributed by atoms with van der Waals surface area (Å²) in [6, 6.07) is 7.76. The zero-order chi connectivity index (χ0) is 19.9. The van der Waals surface area contributed by atoms with Gasteiger partial charge in [-0.1, -0.05) is 30.4 Å². The molecular weight excluding hydrogens is 380 g/mol. The number of imide groups is 1. The second-order valence-corrected chi connectivity index (χ2v) is 9.65. The average Bonchev–Trinajstić information content (AvgIpc) is 2.92. The van der Waals surface area contributed by atoms with Crippen LogP contribution in [0.4, 0.5) is 0 Å². The molecule has 3 aliphatic rings. The molecule has 4 rings (SSSR count). The minimum absolute atomic E-state index is 0.110. The summed E-state index contributed by atoms with van der Waals surface area (Å²) in [6.45, 7) is 0.573. The van der Waals surface area contributed by atoms with Crippen molar-refractivity contribution >= 4 is 27.6 Å². The molecule has 7 nitrogen and oxygen atoms in total. The van der Waals surface area contributed by atoms with Gasteiger partial charge in [-0.3, -0.25) is 19.3 Å². The van der Waals surface area contributed by atoms with Crippen molar-refractivity contribution in [1.29, 1.82) is 0 Å². The number of hydrogen-bond donors (Lipinski definition) is 0. The van der Waals surface area contributed by atoms with Gasteiger partial charge < -0.3 is 4.90 Å². The van der Waals surface area contributed by atoms with Gasteiger partial charge in [-0.05, 0) is 25.0 Å². The Morgan fingerprint density at radius 2 is 1.54 bits per heavy atom. The van der Waals surface area contributed by atoms with Gasteiger partial charge in [-0.15, -0.1) is 0 Å². The van der Waals surface area contributed by atoms with E-state index in [0.29, 0.717) is 12.8 Å². The van der Waals surface area contributed by atoms with E-state index in [9.17, 15) is 22.8 Å². The van der Waals surface area contributed by atoms with Crippen LogP contribution in [-0.2, 0) is 24.2 Å². The number of amides is 3. The van der Waals surface area contributed by atoms with Crippen LogP contribution in [0.3, 0.4) is 0 Å². The summed E-state index contributed by atoms with van der Waals surface area (Å²) in [6.07, 6.45) is 4.97. The molecule has 0 bridgehead atoms. The van der Waals surface area contributed by atoms with E-state index in [2.05, 4.69) is 0 Å². The topological polar surface area (TPSA) is 91.8 Å². The predicted octanol–water partition coefficient (Wildman–Crippen LogP) is 1.01. The Hall–Kier alpha value is -2.48. The van der Waals surface area contributed by atoms with Gasteiger partial charge in [0.25, 0.3) is 0 Å². The van der Waals surface area contributed by atoms with Gasteiger partial charge >= 0.3 is 0 Å². The summed E-state index contributed by atoms with van der Waals surface area (Å²) in [5.41, 5.74) is 0. The van der Waals surface area contributed by atoms with E-state index in [1.165, 1.54) is 21.9 Å². The highest BCUT2D eigenvalue weighted by Gasteiger charge is 2.52. The fraction of sp³-hybridized carbons (Fsp3) is 0.450. The average molecular weight is 402 g/mol. The number of rotatable bonds is 5. The molecule has 2 fully saturated rings. The number of hydrogen-bond acceptors (Lipinski definition) is 5. The third-order valence-electron chi connectivity index (χ3n) is 5.81. The molecule has 0 N–H and O–H groups in total. The first-order valence-corrected chi connectivity index (χ1v) is 11.1. The van der Waals surface area contributed by atoms with Crippen LogP contribution in [0.1, 0.15) is 19.3 Å². The van der Waals surface area contributed by atoms with Crippen molar-refractivity contribution in [2.75, 3.05) is 18.8 Å². The van der Waals surface area contributed by atoms with E-state index < -0.39 is 9.84 Å². The minimum atomic E-state index is -3.51. The van der Waals surface area contributed by atoms with Crippen LogP contribution in [0.2, 0.25) is 0 Å². The number of carbonyl (C=O) groups is 3. The highest BCUT2D eigenvalue weighted by atomic mass is 32.2. The van der Waals surface area contributed by atoms with Crippen LogP contribution in [0.5, 0.6) is 0 Å². The van der Waals surface area contributed by atoms with Crippen LogP contribution >= 0.6 is 0 Å². The predicted molar refractivity (Wildman–Crippen MR) is 101 cm³/mol. The van der Waals surface area contributed by atoms with E-state index >= 15 is 0 Å². The first kappa shape index (κ1) is 18.9. The van der Waals surface area contributed by atoms with Crippen LogP contribution in [0.25, 0.3) is 0 Å². The molecule has 1 aromatic carbocycles. The molecule has 1 aliphatic carbocycles. The van der Waals surface area contributed by atoms with Crippen molar-refractivity contribution in [1.82, 2.24) is 9.80 Å². The Morgan fingerprint density at radius 1 is 0.964 bits per heavy atom. The lowest BCUT2D eigenvalue weighted by molar-refractivity contribution is -0.152. The molecule has 2 unspecified atom stereocenters. The largest absolute Gasteiger partial charge is 0.338 e. The third kappa shape index (κ3) is 3.26. The lowest BCUT2D eigenvalue weighted by atomic mass is 9.85. The van der Waals surface area contributed by atoms with Gasteiger partial charge in [0.1, 0.15) is 0 Å². The summed E-state index contributed by atoms with van der Waals surface area (Å²) in [7, 11) is -3.51. The summed E-state index contributed by atoms with van der Waals surface area (Å²) in [5.74, 6) is -1.33. The maximum Gasteiger partial charge on any atom is 0.233 e. The van der Waals surface area contributed by atoms with E-state index in [-0.39, 0.29) is 65.8 Å². The van der Waals surface area contributed by atoms with E-state index in [0.717, 1.165) is 0 Å².